The number of ether oxygens (including phenoxy) is 1. The van der Waals surface area contributed by atoms with Gasteiger partial charge in [-0.2, -0.15) is 9.40 Å². The summed E-state index contributed by atoms with van der Waals surface area (Å²) in [6.45, 7) is 1.91. The van der Waals surface area contributed by atoms with Gasteiger partial charge in [0.15, 0.2) is 0 Å². The molecule has 0 atom stereocenters. The summed E-state index contributed by atoms with van der Waals surface area (Å²) in [4.78, 5) is 12.6. The molecule has 2 aromatic carbocycles. The number of aromatic nitrogens is 2. The predicted molar refractivity (Wildman–Crippen MR) is 116 cm³/mol. The molecule has 1 saturated heterocycles. The van der Waals surface area contributed by atoms with E-state index in [2.05, 4.69) is 10.4 Å². The number of morpholine rings is 1. The summed E-state index contributed by atoms with van der Waals surface area (Å²) in [6, 6.07) is 15.8. The molecule has 4 rings (SSSR count). The van der Waals surface area contributed by atoms with Gasteiger partial charge in [0.25, 0.3) is 5.91 Å². The third kappa shape index (κ3) is 5.01. The van der Waals surface area contributed by atoms with Gasteiger partial charge in [0.2, 0.25) is 10.0 Å². The number of amides is 1. The number of nitrogens with one attached hydrogen (secondary N) is 1. The summed E-state index contributed by atoms with van der Waals surface area (Å²) in [5.41, 5.74) is 2.40. The van der Waals surface area contributed by atoms with Crippen molar-refractivity contribution in [2.45, 2.75) is 11.3 Å². The van der Waals surface area contributed by atoms with E-state index in [1.54, 1.807) is 10.9 Å². The molecule has 0 radical (unpaired) electrons. The molecule has 1 fully saturated rings. The Labute approximate surface area is 181 Å². The van der Waals surface area contributed by atoms with E-state index in [4.69, 9.17) is 4.74 Å². The zero-order chi connectivity index (χ0) is 21.7. The molecule has 8 nitrogen and oxygen atoms in total. The van der Waals surface area contributed by atoms with E-state index in [1.165, 1.54) is 28.6 Å². The Morgan fingerprint density at radius 3 is 2.45 bits per heavy atom. The number of hydrogen-bond acceptors (Lipinski definition) is 5. The molecule has 0 saturated carbocycles. The van der Waals surface area contributed by atoms with E-state index in [1.807, 2.05) is 36.5 Å². The number of benzene rings is 2. The van der Waals surface area contributed by atoms with E-state index in [0.29, 0.717) is 44.8 Å². The van der Waals surface area contributed by atoms with Crippen molar-refractivity contribution < 1.29 is 17.9 Å². The summed E-state index contributed by atoms with van der Waals surface area (Å²) < 4.78 is 33.7. The van der Waals surface area contributed by atoms with Crippen molar-refractivity contribution in [1.82, 2.24) is 19.4 Å². The van der Waals surface area contributed by atoms with Crippen LogP contribution in [0.25, 0.3) is 5.69 Å². The lowest BCUT2D eigenvalue weighted by Crippen LogP contribution is -2.40. The van der Waals surface area contributed by atoms with Crippen molar-refractivity contribution in [3.8, 4) is 5.69 Å². The van der Waals surface area contributed by atoms with Gasteiger partial charge in [-0.25, -0.2) is 13.1 Å². The summed E-state index contributed by atoms with van der Waals surface area (Å²) in [6.07, 6.45) is 4.36. The van der Waals surface area contributed by atoms with Crippen LogP contribution in [0, 0.1) is 0 Å². The number of carbonyl (C=O) groups excluding carboxylic acids is 1. The molecule has 0 unspecified atom stereocenters. The quantitative estimate of drug-likeness (QED) is 0.605. The Hall–Kier alpha value is -3.01. The minimum atomic E-state index is -3.57. The van der Waals surface area contributed by atoms with Gasteiger partial charge < -0.3 is 10.1 Å². The number of carbonyl (C=O) groups is 1. The fourth-order valence-corrected chi connectivity index (χ4v) is 4.76. The zero-order valence-electron chi connectivity index (χ0n) is 17.0. The van der Waals surface area contributed by atoms with Gasteiger partial charge in [0.1, 0.15) is 0 Å². The molecular formula is C22H24N4O4S. The van der Waals surface area contributed by atoms with Crippen LogP contribution in [-0.4, -0.2) is 61.3 Å². The van der Waals surface area contributed by atoms with Crippen molar-refractivity contribution in [3.63, 3.8) is 0 Å². The topological polar surface area (TPSA) is 93.5 Å². The number of sulfonamides is 1. The van der Waals surface area contributed by atoms with Crippen LogP contribution in [0.15, 0.2) is 71.9 Å². The maximum atomic E-state index is 12.7. The molecule has 9 heteroatoms. The van der Waals surface area contributed by atoms with Gasteiger partial charge in [-0.15, -0.1) is 0 Å². The first-order valence-corrected chi connectivity index (χ1v) is 11.5. The Kier molecular flexibility index (Phi) is 6.45. The number of hydrogen-bond donors (Lipinski definition) is 1. The van der Waals surface area contributed by atoms with Crippen LogP contribution in [0.5, 0.6) is 0 Å². The zero-order valence-corrected chi connectivity index (χ0v) is 17.8. The lowest BCUT2D eigenvalue weighted by molar-refractivity contribution is 0.0730. The van der Waals surface area contributed by atoms with Crippen molar-refractivity contribution in [1.29, 1.82) is 0 Å². The molecule has 0 bridgehead atoms. The van der Waals surface area contributed by atoms with Gasteiger partial charge in [-0.05, 0) is 48.4 Å². The van der Waals surface area contributed by atoms with E-state index in [-0.39, 0.29) is 10.8 Å². The predicted octanol–water partition coefficient (Wildman–Crippen LogP) is 1.87. The second-order valence-electron chi connectivity index (χ2n) is 7.18. The number of nitrogens with zero attached hydrogens (tertiary/aromatic N) is 3. The van der Waals surface area contributed by atoms with Gasteiger partial charge in [-0.1, -0.05) is 18.2 Å². The van der Waals surface area contributed by atoms with Gasteiger partial charge >= 0.3 is 0 Å². The molecule has 31 heavy (non-hydrogen) atoms. The highest BCUT2D eigenvalue weighted by molar-refractivity contribution is 7.89. The van der Waals surface area contributed by atoms with Crippen LogP contribution in [0.2, 0.25) is 0 Å². The molecule has 3 aromatic rings. The molecule has 0 aliphatic carbocycles. The first-order valence-electron chi connectivity index (χ1n) is 10.1. The summed E-state index contributed by atoms with van der Waals surface area (Å²) in [7, 11) is -3.57. The lowest BCUT2D eigenvalue weighted by Gasteiger charge is -2.26. The monoisotopic (exact) mass is 440 g/mol. The van der Waals surface area contributed by atoms with Crippen molar-refractivity contribution in [2.24, 2.45) is 0 Å². The number of para-hydroxylation sites is 1. The highest BCUT2D eigenvalue weighted by Gasteiger charge is 2.26. The minimum Gasteiger partial charge on any atom is -0.379 e. The molecule has 1 aromatic heterocycles. The van der Waals surface area contributed by atoms with Crippen LogP contribution >= 0.6 is 0 Å². The fraction of sp³-hybridized carbons (Fsp3) is 0.273. The Balaban J connectivity index is 1.31. The van der Waals surface area contributed by atoms with Crippen LogP contribution in [0.1, 0.15) is 15.9 Å². The molecule has 1 aliphatic rings. The van der Waals surface area contributed by atoms with Gasteiger partial charge in [0.05, 0.1) is 30.0 Å². The molecule has 0 spiro atoms. The second kappa shape index (κ2) is 9.42. The molecule has 2 heterocycles. The minimum absolute atomic E-state index is 0.180. The highest BCUT2D eigenvalue weighted by Crippen LogP contribution is 2.17. The Morgan fingerprint density at radius 1 is 1.03 bits per heavy atom. The Morgan fingerprint density at radius 2 is 1.74 bits per heavy atom. The van der Waals surface area contributed by atoms with E-state index >= 15 is 0 Å². The maximum Gasteiger partial charge on any atom is 0.251 e. The van der Waals surface area contributed by atoms with Crippen molar-refractivity contribution >= 4 is 15.9 Å². The van der Waals surface area contributed by atoms with Crippen LogP contribution in [-0.2, 0) is 21.2 Å². The van der Waals surface area contributed by atoms with Crippen LogP contribution in [0.4, 0.5) is 0 Å². The smallest absolute Gasteiger partial charge is 0.251 e. The average molecular weight is 441 g/mol. The van der Waals surface area contributed by atoms with Gasteiger partial charge in [0, 0.05) is 31.4 Å². The van der Waals surface area contributed by atoms with E-state index in [9.17, 15) is 13.2 Å². The number of rotatable bonds is 7. The SMILES string of the molecule is O=C(NCCc1cnn(-c2ccccc2)c1)c1ccc(S(=O)(=O)N2CCOCC2)cc1. The standard InChI is InChI=1S/C22H24N4O4S/c27-22(23-11-10-18-16-24-26(17-18)20-4-2-1-3-5-20)19-6-8-21(9-7-19)31(28,29)25-12-14-30-15-13-25/h1-9,16-17H,10-15H2,(H,23,27). The summed E-state index contributed by atoms with van der Waals surface area (Å²) >= 11 is 0. The first-order chi connectivity index (χ1) is 15.0. The third-order valence-electron chi connectivity index (χ3n) is 5.08. The molecule has 162 valence electrons. The lowest BCUT2D eigenvalue weighted by atomic mass is 10.2. The van der Waals surface area contributed by atoms with Crippen molar-refractivity contribution in [3.05, 3.63) is 78.1 Å². The molecular weight excluding hydrogens is 416 g/mol. The van der Waals surface area contributed by atoms with Gasteiger partial charge in [-0.3, -0.25) is 4.79 Å². The largest absolute Gasteiger partial charge is 0.379 e. The molecule has 1 amide bonds. The first kappa shape index (κ1) is 21.2. The average Bonchev–Trinajstić information content (AvgIpc) is 3.29. The third-order valence-corrected chi connectivity index (χ3v) is 6.99. The summed E-state index contributed by atoms with van der Waals surface area (Å²) in [5.74, 6) is -0.245. The molecule has 1 aliphatic heterocycles. The molecule has 1 N–H and O–H groups in total. The van der Waals surface area contributed by atoms with Crippen LogP contribution in [0.3, 0.4) is 0 Å². The normalized spacial score (nSPS) is 15.0. The summed E-state index contributed by atoms with van der Waals surface area (Å²) in [5, 5.41) is 7.21. The Bertz CT molecular complexity index is 1120. The maximum absolute atomic E-state index is 12.7. The fourth-order valence-electron chi connectivity index (χ4n) is 3.35. The van der Waals surface area contributed by atoms with E-state index < -0.39 is 10.0 Å². The van der Waals surface area contributed by atoms with E-state index in [0.717, 1.165) is 11.3 Å². The van der Waals surface area contributed by atoms with Crippen molar-refractivity contribution in [2.75, 3.05) is 32.8 Å². The highest BCUT2D eigenvalue weighted by atomic mass is 32.2. The second-order valence-corrected chi connectivity index (χ2v) is 9.11. The van der Waals surface area contributed by atoms with Crippen LogP contribution < -0.4 is 5.32 Å².